The second kappa shape index (κ2) is 9.92. The molecule has 0 unspecified atom stereocenters. The van der Waals surface area contributed by atoms with Crippen LogP contribution in [0.5, 0.6) is 5.75 Å². The lowest BCUT2D eigenvalue weighted by atomic mass is 9.95. The standard InChI is InChI=1S/C23H23ClF3N5O2/c1-31-11-8-28-20(31)14-34-18-4-2-17(3-5-18)30-22(33)15-6-9-32(10-7-15)21-19(24)12-16(13-29-21)23(25,26)27/h2-5,8,11-13,15H,6-7,9-10,14H2,1H3,(H,30,33). The van der Waals surface area contributed by atoms with Gasteiger partial charge in [0.1, 0.15) is 24.0 Å². The first-order valence-corrected chi connectivity index (χ1v) is 11.1. The van der Waals surface area contributed by atoms with E-state index in [-0.39, 0.29) is 16.8 Å². The number of rotatable bonds is 6. The van der Waals surface area contributed by atoms with Crippen LogP contribution in [-0.4, -0.2) is 33.5 Å². The normalized spacial score (nSPS) is 14.8. The minimum absolute atomic E-state index is 0.0528. The topological polar surface area (TPSA) is 72.3 Å². The van der Waals surface area contributed by atoms with E-state index in [1.54, 1.807) is 35.4 Å². The third kappa shape index (κ3) is 5.61. The van der Waals surface area contributed by atoms with Crippen LogP contribution in [0.1, 0.15) is 24.2 Å². The molecule has 0 bridgehead atoms. The maximum atomic E-state index is 12.8. The van der Waals surface area contributed by atoms with Gasteiger partial charge in [-0.05, 0) is 43.2 Å². The van der Waals surface area contributed by atoms with Gasteiger partial charge in [-0.1, -0.05) is 11.6 Å². The Hall–Kier alpha value is -3.27. The Morgan fingerprint density at radius 3 is 2.50 bits per heavy atom. The number of benzene rings is 1. The van der Waals surface area contributed by atoms with E-state index in [4.69, 9.17) is 16.3 Å². The summed E-state index contributed by atoms with van der Waals surface area (Å²) in [7, 11) is 1.89. The number of hydrogen-bond acceptors (Lipinski definition) is 5. The summed E-state index contributed by atoms with van der Waals surface area (Å²) >= 11 is 6.05. The molecule has 3 heterocycles. The number of piperidine rings is 1. The lowest BCUT2D eigenvalue weighted by Gasteiger charge is -2.32. The fourth-order valence-electron chi connectivity index (χ4n) is 3.73. The Balaban J connectivity index is 1.28. The lowest BCUT2D eigenvalue weighted by Crippen LogP contribution is -2.38. The van der Waals surface area contributed by atoms with Crippen LogP contribution in [0.2, 0.25) is 5.02 Å². The van der Waals surface area contributed by atoms with Crippen molar-refractivity contribution in [2.24, 2.45) is 13.0 Å². The number of carbonyl (C=O) groups is 1. The van der Waals surface area contributed by atoms with Crippen molar-refractivity contribution in [2.45, 2.75) is 25.6 Å². The fourth-order valence-corrected chi connectivity index (χ4v) is 4.02. The highest BCUT2D eigenvalue weighted by Gasteiger charge is 2.33. The number of pyridine rings is 1. The van der Waals surface area contributed by atoms with Crippen molar-refractivity contribution in [3.63, 3.8) is 0 Å². The number of amides is 1. The number of aryl methyl sites for hydroxylation is 1. The van der Waals surface area contributed by atoms with E-state index < -0.39 is 11.7 Å². The fraction of sp³-hybridized carbons (Fsp3) is 0.348. The molecule has 34 heavy (non-hydrogen) atoms. The van der Waals surface area contributed by atoms with E-state index >= 15 is 0 Å². The smallest absolute Gasteiger partial charge is 0.417 e. The molecule has 1 fully saturated rings. The molecule has 0 saturated carbocycles. The van der Waals surface area contributed by atoms with Gasteiger partial charge in [0.25, 0.3) is 0 Å². The second-order valence-electron chi connectivity index (χ2n) is 8.05. The zero-order valence-corrected chi connectivity index (χ0v) is 19.1. The second-order valence-corrected chi connectivity index (χ2v) is 8.45. The summed E-state index contributed by atoms with van der Waals surface area (Å²) in [6.45, 7) is 1.28. The van der Waals surface area contributed by atoms with Gasteiger partial charge in [0.05, 0.1) is 10.6 Å². The zero-order valence-electron chi connectivity index (χ0n) is 18.3. The summed E-state index contributed by atoms with van der Waals surface area (Å²) < 4.78 is 46.1. The molecule has 1 aromatic carbocycles. The van der Waals surface area contributed by atoms with Gasteiger partial charge in [0.15, 0.2) is 0 Å². The molecule has 180 valence electrons. The summed E-state index contributed by atoms with van der Waals surface area (Å²) in [6, 6.07) is 7.98. The monoisotopic (exact) mass is 493 g/mol. The quantitative estimate of drug-likeness (QED) is 0.527. The van der Waals surface area contributed by atoms with Gasteiger partial charge >= 0.3 is 6.18 Å². The molecule has 7 nitrogen and oxygen atoms in total. The van der Waals surface area contributed by atoms with Crippen LogP contribution in [0.3, 0.4) is 0 Å². The molecule has 0 atom stereocenters. The molecule has 11 heteroatoms. The highest BCUT2D eigenvalue weighted by molar-refractivity contribution is 6.33. The van der Waals surface area contributed by atoms with Crippen LogP contribution in [0.25, 0.3) is 0 Å². The van der Waals surface area contributed by atoms with Crippen molar-refractivity contribution < 1.29 is 22.7 Å². The molecule has 1 aliphatic rings. The Morgan fingerprint density at radius 2 is 1.91 bits per heavy atom. The number of aromatic nitrogens is 3. The molecule has 0 aliphatic carbocycles. The number of alkyl halides is 3. The van der Waals surface area contributed by atoms with Gasteiger partial charge in [-0.3, -0.25) is 4.79 Å². The molecule has 1 amide bonds. The maximum Gasteiger partial charge on any atom is 0.417 e. The first-order valence-electron chi connectivity index (χ1n) is 10.7. The minimum atomic E-state index is -4.50. The van der Waals surface area contributed by atoms with Crippen molar-refractivity contribution in [1.29, 1.82) is 0 Å². The van der Waals surface area contributed by atoms with Gasteiger partial charge in [-0.25, -0.2) is 9.97 Å². The maximum absolute atomic E-state index is 12.8. The number of hydrogen-bond donors (Lipinski definition) is 1. The summed E-state index contributed by atoms with van der Waals surface area (Å²) in [5.74, 6) is 1.44. The zero-order chi connectivity index (χ0) is 24.3. The molecule has 3 aromatic rings. The molecule has 1 saturated heterocycles. The van der Waals surface area contributed by atoms with Gasteiger partial charge in [-0.2, -0.15) is 13.2 Å². The number of ether oxygens (including phenoxy) is 1. The minimum Gasteiger partial charge on any atom is -0.486 e. The van der Waals surface area contributed by atoms with Crippen molar-refractivity contribution >= 4 is 29.0 Å². The van der Waals surface area contributed by atoms with Crippen molar-refractivity contribution in [3.05, 3.63) is 65.3 Å². The average molecular weight is 494 g/mol. The lowest BCUT2D eigenvalue weighted by molar-refractivity contribution is -0.137. The van der Waals surface area contributed by atoms with Crippen LogP contribution < -0.4 is 15.0 Å². The average Bonchev–Trinajstić information content (AvgIpc) is 3.22. The number of halogens is 4. The van der Waals surface area contributed by atoms with E-state index in [1.165, 1.54) is 0 Å². The Morgan fingerprint density at radius 1 is 1.21 bits per heavy atom. The molecule has 4 rings (SSSR count). The van der Waals surface area contributed by atoms with Crippen LogP contribution in [0, 0.1) is 5.92 Å². The highest BCUT2D eigenvalue weighted by Crippen LogP contribution is 2.34. The van der Waals surface area contributed by atoms with E-state index in [1.807, 2.05) is 17.8 Å². The van der Waals surface area contributed by atoms with E-state index in [0.29, 0.717) is 49.8 Å². The highest BCUT2D eigenvalue weighted by atomic mass is 35.5. The first kappa shape index (κ1) is 23.9. The molecule has 0 spiro atoms. The van der Waals surface area contributed by atoms with Crippen LogP contribution >= 0.6 is 11.6 Å². The molecule has 2 aromatic heterocycles. The summed E-state index contributed by atoms with van der Waals surface area (Å²) in [5, 5.41) is 2.86. The third-order valence-corrected chi connectivity index (χ3v) is 6.00. The Labute approximate surface area is 199 Å². The van der Waals surface area contributed by atoms with Crippen LogP contribution in [-0.2, 0) is 24.6 Å². The number of nitrogens with one attached hydrogen (secondary N) is 1. The van der Waals surface area contributed by atoms with Crippen LogP contribution in [0.15, 0.2) is 48.9 Å². The molecule has 1 N–H and O–H groups in total. The first-order chi connectivity index (χ1) is 16.2. The number of imidazole rings is 1. The van der Waals surface area contributed by atoms with Gasteiger partial charge in [0.2, 0.25) is 5.91 Å². The Kier molecular flexibility index (Phi) is 6.97. The van der Waals surface area contributed by atoms with Crippen molar-refractivity contribution in [1.82, 2.24) is 14.5 Å². The SMILES string of the molecule is Cn1ccnc1COc1ccc(NC(=O)C2CCN(c3ncc(C(F)(F)F)cc3Cl)CC2)cc1. The predicted molar refractivity (Wildman–Crippen MR) is 122 cm³/mol. The van der Waals surface area contributed by atoms with Gasteiger partial charge in [-0.15, -0.1) is 0 Å². The predicted octanol–water partition coefficient (Wildman–Crippen LogP) is 4.92. The largest absolute Gasteiger partial charge is 0.486 e. The molecule has 1 aliphatic heterocycles. The molecular weight excluding hydrogens is 471 g/mol. The van der Waals surface area contributed by atoms with Gasteiger partial charge in [0, 0.05) is 50.3 Å². The number of carbonyl (C=O) groups excluding carboxylic acids is 1. The summed E-state index contributed by atoms with van der Waals surface area (Å²) in [4.78, 5) is 22.6. The summed E-state index contributed by atoms with van der Waals surface area (Å²) in [6.07, 6.45) is 0.908. The Bertz CT molecular complexity index is 1140. The van der Waals surface area contributed by atoms with E-state index in [0.717, 1.165) is 18.1 Å². The van der Waals surface area contributed by atoms with E-state index in [2.05, 4.69) is 15.3 Å². The third-order valence-electron chi connectivity index (χ3n) is 5.73. The molecule has 0 radical (unpaired) electrons. The summed E-state index contributed by atoms with van der Waals surface area (Å²) in [5.41, 5.74) is -0.229. The molecular formula is C23H23ClF3N5O2. The van der Waals surface area contributed by atoms with Crippen LogP contribution in [0.4, 0.5) is 24.7 Å². The van der Waals surface area contributed by atoms with Crippen molar-refractivity contribution in [2.75, 3.05) is 23.3 Å². The van der Waals surface area contributed by atoms with Gasteiger partial charge < -0.3 is 19.5 Å². The van der Waals surface area contributed by atoms with E-state index in [9.17, 15) is 18.0 Å². The number of anilines is 2. The van der Waals surface area contributed by atoms with Crippen molar-refractivity contribution in [3.8, 4) is 5.75 Å². The number of nitrogens with zero attached hydrogens (tertiary/aromatic N) is 4.